The van der Waals surface area contributed by atoms with Crippen molar-refractivity contribution in [1.82, 2.24) is 10.0 Å². The van der Waals surface area contributed by atoms with Crippen LogP contribution in [0.5, 0.6) is 0 Å². The number of amides is 2. The second kappa shape index (κ2) is 4.77. The summed E-state index contributed by atoms with van der Waals surface area (Å²) >= 11 is 1.30. The zero-order chi connectivity index (χ0) is 9.68. The topological polar surface area (TPSA) is 41.1 Å². The van der Waals surface area contributed by atoms with E-state index in [1.54, 1.807) is 7.05 Å². The minimum atomic E-state index is -0.189. The van der Waals surface area contributed by atoms with Crippen LogP contribution in [0.4, 0.5) is 4.79 Å². The van der Waals surface area contributed by atoms with E-state index in [0.29, 0.717) is 0 Å². The maximum Gasteiger partial charge on any atom is 0.324 e. The van der Waals surface area contributed by atoms with Crippen LogP contribution in [0.25, 0.3) is 0 Å². The van der Waals surface area contributed by atoms with Crippen LogP contribution in [-0.4, -0.2) is 13.1 Å². The molecule has 0 radical (unpaired) electrons. The van der Waals surface area contributed by atoms with Gasteiger partial charge in [-0.05, 0) is 31.0 Å². The van der Waals surface area contributed by atoms with Crippen molar-refractivity contribution in [3.05, 3.63) is 29.8 Å². The lowest BCUT2D eigenvalue weighted by atomic mass is 10.2. The molecular weight excluding hydrogens is 184 g/mol. The number of hydrogen-bond donors (Lipinski definition) is 2. The lowest BCUT2D eigenvalue weighted by molar-refractivity contribution is 0.248. The van der Waals surface area contributed by atoms with Crippen LogP contribution in [-0.2, 0) is 0 Å². The number of urea groups is 1. The molecule has 70 valence electrons. The van der Waals surface area contributed by atoms with Gasteiger partial charge >= 0.3 is 6.03 Å². The Morgan fingerprint density at radius 2 is 1.92 bits per heavy atom. The summed E-state index contributed by atoms with van der Waals surface area (Å²) in [6.45, 7) is 2.03. The normalized spacial score (nSPS) is 9.38. The van der Waals surface area contributed by atoms with Gasteiger partial charge in [0.25, 0.3) is 0 Å². The van der Waals surface area contributed by atoms with Crippen molar-refractivity contribution in [3.63, 3.8) is 0 Å². The molecule has 0 unspecified atom stereocenters. The summed E-state index contributed by atoms with van der Waals surface area (Å²) in [5.74, 6) is 0. The minimum Gasteiger partial charge on any atom is -0.341 e. The zero-order valence-electron chi connectivity index (χ0n) is 7.63. The Balaban J connectivity index is 2.46. The molecule has 2 N–H and O–H groups in total. The van der Waals surface area contributed by atoms with E-state index in [9.17, 15) is 4.79 Å². The number of carbonyl (C=O) groups excluding carboxylic acids is 1. The van der Waals surface area contributed by atoms with Gasteiger partial charge in [-0.1, -0.05) is 17.7 Å². The monoisotopic (exact) mass is 196 g/mol. The second-order valence-corrected chi connectivity index (χ2v) is 3.48. The van der Waals surface area contributed by atoms with Crippen molar-refractivity contribution in [3.8, 4) is 0 Å². The molecule has 3 nitrogen and oxygen atoms in total. The van der Waals surface area contributed by atoms with Gasteiger partial charge in [-0.25, -0.2) is 4.79 Å². The fraction of sp³-hybridized carbons (Fsp3) is 0.222. The molecule has 13 heavy (non-hydrogen) atoms. The SMILES string of the molecule is CNC(=O)NSc1ccc(C)cc1. The predicted octanol–water partition coefficient (Wildman–Crippen LogP) is 1.93. The quantitative estimate of drug-likeness (QED) is 0.710. The van der Waals surface area contributed by atoms with Gasteiger partial charge in [0.05, 0.1) is 0 Å². The molecule has 0 saturated heterocycles. The van der Waals surface area contributed by atoms with Crippen molar-refractivity contribution < 1.29 is 4.79 Å². The Morgan fingerprint density at radius 3 is 2.46 bits per heavy atom. The summed E-state index contributed by atoms with van der Waals surface area (Å²) < 4.78 is 2.63. The highest BCUT2D eigenvalue weighted by molar-refractivity contribution is 7.98. The fourth-order valence-corrected chi connectivity index (χ4v) is 1.35. The van der Waals surface area contributed by atoms with Crippen LogP contribution in [0.2, 0.25) is 0 Å². The van der Waals surface area contributed by atoms with Gasteiger partial charge in [0.15, 0.2) is 0 Å². The highest BCUT2D eigenvalue weighted by Crippen LogP contribution is 2.14. The van der Waals surface area contributed by atoms with Crippen molar-refractivity contribution >= 4 is 18.0 Å². The minimum absolute atomic E-state index is 0.189. The number of nitrogens with one attached hydrogen (secondary N) is 2. The van der Waals surface area contributed by atoms with Crippen molar-refractivity contribution in [2.45, 2.75) is 11.8 Å². The fourth-order valence-electron chi connectivity index (χ4n) is 0.763. The zero-order valence-corrected chi connectivity index (χ0v) is 8.44. The van der Waals surface area contributed by atoms with E-state index in [1.165, 1.54) is 17.5 Å². The molecule has 4 heteroatoms. The van der Waals surface area contributed by atoms with Crippen LogP contribution in [0.15, 0.2) is 29.2 Å². The van der Waals surface area contributed by atoms with Gasteiger partial charge in [-0.15, -0.1) is 0 Å². The maximum atomic E-state index is 10.8. The first-order chi connectivity index (χ1) is 6.22. The average Bonchev–Trinajstić information content (AvgIpc) is 2.16. The molecule has 1 aromatic carbocycles. The Morgan fingerprint density at radius 1 is 1.31 bits per heavy atom. The van der Waals surface area contributed by atoms with Gasteiger partial charge in [0.1, 0.15) is 0 Å². The molecule has 0 heterocycles. The van der Waals surface area contributed by atoms with Crippen molar-refractivity contribution in [1.29, 1.82) is 0 Å². The lowest BCUT2D eigenvalue weighted by Crippen LogP contribution is -2.27. The molecule has 1 rings (SSSR count). The highest BCUT2D eigenvalue weighted by atomic mass is 32.2. The van der Waals surface area contributed by atoms with Crippen LogP contribution in [0.1, 0.15) is 5.56 Å². The molecule has 0 spiro atoms. The first kappa shape index (κ1) is 9.92. The van der Waals surface area contributed by atoms with Gasteiger partial charge < -0.3 is 5.32 Å². The lowest BCUT2D eigenvalue weighted by Gasteiger charge is -2.02. The third-order valence-electron chi connectivity index (χ3n) is 1.51. The molecule has 0 aliphatic rings. The molecule has 0 saturated carbocycles. The summed E-state index contributed by atoms with van der Waals surface area (Å²) in [4.78, 5) is 11.8. The molecule has 0 fully saturated rings. The third-order valence-corrected chi connectivity index (χ3v) is 2.30. The smallest absolute Gasteiger partial charge is 0.324 e. The number of carbonyl (C=O) groups is 1. The highest BCUT2D eigenvalue weighted by Gasteiger charge is 1.96. The Kier molecular flexibility index (Phi) is 3.64. The number of aryl methyl sites for hydroxylation is 1. The number of rotatable bonds is 2. The first-order valence-electron chi connectivity index (χ1n) is 3.93. The van der Waals surface area contributed by atoms with E-state index in [1.807, 2.05) is 31.2 Å². The van der Waals surface area contributed by atoms with E-state index in [-0.39, 0.29) is 6.03 Å². The van der Waals surface area contributed by atoms with Gasteiger partial charge in [-0.3, -0.25) is 4.72 Å². The number of hydrogen-bond acceptors (Lipinski definition) is 2. The second-order valence-electron chi connectivity index (χ2n) is 2.60. The first-order valence-corrected chi connectivity index (χ1v) is 4.75. The van der Waals surface area contributed by atoms with Gasteiger partial charge in [0.2, 0.25) is 0 Å². The van der Waals surface area contributed by atoms with Crippen LogP contribution in [0.3, 0.4) is 0 Å². The van der Waals surface area contributed by atoms with Crippen LogP contribution in [0, 0.1) is 6.92 Å². The van der Waals surface area contributed by atoms with Crippen LogP contribution >= 0.6 is 11.9 Å². The van der Waals surface area contributed by atoms with E-state index < -0.39 is 0 Å². The Labute approximate surface area is 82.0 Å². The summed E-state index contributed by atoms with van der Waals surface area (Å²) in [6.07, 6.45) is 0. The molecule has 1 aromatic rings. The van der Waals surface area contributed by atoms with Gasteiger partial charge in [0, 0.05) is 11.9 Å². The van der Waals surface area contributed by atoms with Crippen molar-refractivity contribution in [2.24, 2.45) is 0 Å². The summed E-state index contributed by atoms with van der Waals surface area (Å²) in [5, 5.41) is 2.48. The molecule has 0 aliphatic heterocycles. The number of benzene rings is 1. The van der Waals surface area contributed by atoms with Crippen LogP contribution < -0.4 is 10.0 Å². The molecule has 0 bridgehead atoms. The Bertz CT molecular complexity index is 284. The molecule has 0 aliphatic carbocycles. The standard InChI is InChI=1S/C9H12N2OS/c1-7-3-5-8(6-4-7)13-11-9(12)10-2/h3-6H,1-2H3,(H2,10,11,12). The van der Waals surface area contributed by atoms with E-state index in [0.717, 1.165) is 4.90 Å². The summed E-state index contributed by atoms with van der Waals surface area (Å²) in [6, 6.07) is 7.76. The van der Waals surface area contributed by atoms with Crippen molar-refractivity contribution in [2.75, 3.05) is 7.05 Å². The average molecular weight is 196 g/mol. The molecule has 0 aromatic heterocycles. The summed E-state index contributed by atoms with van der Waals surface area (Å²) in [5.41, 5.74) is 1.21. The molecular formula is C9H12N2OS. The predicted molar refractivity (Wildman–Crippen MR) is 54.6 cm³/mol. The van der Waals surface area contributed by atoms with Gasteiger partial charge in [-0.2, -0.15) is 0 Å². The molecule has 2 amide bonds. The van der Waals surface area contributed by atoms with E-state index in [2.05, 4.69) is 10.0 Å². The van der Waals surface area contributed by atoms with E-state index >= 15 is 0 Å². The summed E-state index contributed by atoms with van der Waals surface area (Å²) in [7, 11) is 1.59. The maximum absolute atomic E-state index is 10.8. The third kappa shape index (κ3) is 3.38. The van der Waals surface area contributed by atoms with E-state index in [4.69, 9.17) is 0 Å². The molecule has 0 atom stereocenters. The largest absolute Gasteiger partial charge is 0.341 e. The Hall–Kier alpha value is -1.16.